The third kappa shape index (κ3) is 3.59. The number of ether oxygens (including phenoxy) is 1. The molecular formula is C15H18F3NO3. The third-order valence-electron chi connectivity index (χ3n) is 4.18. The Hall–Kier alpha value is -1.60. The first-order chi connectivity index (χ1) is 10.2. The Balaban J connectivity index is 2.39. The Morgan fingerprint density at radius 1 is 1.36 bits per heavy atom. The first-order valence-corrected chi connectivity index (χ1v) is 6.98. The lowest BCUT2D eigenvalue weighted by Crippen LogP contribution is -2.43. The van der Waals surface area contributed by atoms with Crippen molar-refractivity contribution in [2.24, 2.45) is 5.73 Å². The van der Waals surface area contributed by atoms with E-state index in [4.69, 9.17) is 15.6 Å². The van der Waals surface area contributed by atoms with Crippen molar-refractivity contribution in [2.45, 2.75) is 36.9 Å². The van der Waals surface area contributed by atoms with E-state index in [0.717, 1.165) is 12.1 Å². The number of nitrogens with two attached hydrogens (primary N) is 1. The molecule has 1 heterocycles. The molecule has 1 atom stereocenters. The highest BCUT2D eigenvalue weighted by molar-refractivity contribution is 5.73. The van der Waals surface area contributed by atoms with E-state index in [1.807, 2.05) is 0 Å². The van der Waals surface area contributed by atoms with Crippen LogP contribution in [0.1, 0.15) is 30.4 Å². The summed E-state index contributed by atoms with van der Waals surface area (Å²) in [5.74, 6) is -1.15. The minimum atomic E-state index is -4.43. The number of aliphatic carboxylic acids is 1. The minimum absolute atomic E-state index is 0.0903. The van der Waals surface area contributed by atoms with Gasteiger partial charge in [-0.05, 0) is 30.9 Å². The maximum Gasteiger partial charge on any atom is 0.416 e. The summed E-state index contributed by atoms with van der Waals surface area (Å²) < 4.78 is 44.0. The number of halogens is 3. The van der Waals surface area contributed by atoms with Gasteiger partial charge >= 0.3 is 12.1 Å². The van der Waals surface area contributed by atoms with Crippen LogP contribution in [0.25, 0.3) is 0 Å². The van der Waals surface area contributed by atoms with E-state index in [1.165, 1.54) is 6.07 Å². The fourth-order valence-electron chi connectivity index (χ4n) is 2.91. The standard InChI is InChI=1S/C15H18F3NO3/c16-15(17,18)11-3-1-2-10(8-11)14(4-6-22-7-5-14)9-12(19)13(20)21/h1-3,8,12H,4-7,9,19H2,(H,20,21). The van der Waals surface area contributed by atoms with Gasteiger partial charge in [-0.2, -0.15) is 13.2 Å². The van der Waals surface area contributed by atoms with Crippen LogP contribution in [0.2, 0.25) is 0 Å². The third-order valence-corrected chi connectivity index (χ3v) is 4.18. The Labute approximate surface area is 126 Å². The summed E-state index contributed by atoms with van der Waals surface area (Å²) in [4.78, 5) is 11.0. The van der Waals surface area contributed by atoms with Gasteiger partial charge in [0.25, 0.3) is 0 Å². The molecule has 4 nitrogen and oxygen atoms in total. The zero-order chi connectivity index (χ0) is 16.4. The van der Waals surface area contributed by atoms with E-state index in [2.05, 4.69) is 0 Å². The Morgan fingerprint density at radius 2 is 2.00 bits per heavy atom. The Morgan fingerprint density at radius 3 is 2.55 bits per heavy atom. The van der Waals surface area contributed by atoms with Crippen LogP contribution in [0.4, 0.5) is 13.2 Å². The van der Waals surface area contributed by atoms with Crippen molar-refractivity contribution >= 4 is 5.97 Å². The highest BCUT2D eigenvalue weighted by atomic mass is 19.4. The molecule has 1 saturated heterocycles. The second kappa shape index (κ2) is 6.26. The molecule has 1 aromatic rings. The van der Waals surface area contributed by atoms with Crippen molar-refractivity contribution in [1.29, 1.82) is 0 Å². The summed E-state index contributed by atoms with van der Waals surface area (Å²) in [6.07, 6.45) is -3.44. The summed E-state index contributed by atoms with van der Waals surface area (Å²) in [7, 11) is 0. The zero-order valence-electron chi connectivity index (χ0n) is 11.9. The smallest absolute Gasteiger partial charge is 0.416 e. The van der Waals surface area contributed by atoms with E-state index in [9.17, 15) is 18.0 Å². The SMILES string of the molecule is NC(CC1(c2cccc(C(F)(F)F)c2)CCOCC1)C(=O)O. The van der Waals surface area contributed by atoms with Crippen LogP contribution < -0.4 is 5.73 Å². The molecule has 0 saturated carbocycles. The molecule has 1 fully saturated rings. The molecule has 22 heavy (non-hydrogen) atoms. The summed E-state index contributed by atoms with van der Waals surface area (Å²) >= 11 is 0. The molecule has 2 rings (SSSR count). The van der Waals surface area contributed by atoms with Gasteiger partial charge in [-0.15, -0.1) is 0 Å². The molecular weight excluding hydrogens is 299 g/mol. The monoisotopic (exact) mass is 317 g/mol. The van der Waals surface area contributed by atoms with Crippen LogP contribution in [-0.4, -0.2) is 30.3 Å². The van der Waals surface area contributed by atoms with Crippen LogP contribution in [0.15, 0.2) is 24.3 Å². The number of hydrogen-bond donors (Lipinski definition) is 2. The molecule has 1 aromatic carbocycles. The van der Waals surface area contributed by atoms with Crippen molar-refractivity contribution in [1.82, 2.24) is 0 Å². The molecule has 1 unspecified atom stereocenters. The maximum absolute atomic E-state index is 12.9. The zero-order valence-corrected chi connectivity index (χ0v) is 11.9. The first-order valence-electron chi connectivity index (χ1n) is 6.98. The van der Waals surface area contributed by atoms with Crippen LogP contribution in [-0.2, 0) is 21.1 Å². The number of carbonyl (C=O) groups is 1. The fourth-order valence-corrected chi connectivity index (χ4v) is 2.91. The predicted octanol–water partition coefficient (Wildman–Crippen LogP) is 2.56. The van der Waals surface area contributed by atoms with Crippen LogP contribution in [0.5, 0.6) is 0 Å². The largest absolute Gasteiger partial charge is 0.480 e. The number of carboxylic acids is 1. The van der Waals surface area contributed by atoms with Gasteiger partial charge in [-0.3, -0.25) is 4.79 Å². The van der Waals surface area contributed by atoms with Crippen LogP contribution in [0.3, 0.4) is 0 Å². The fraction of sp³-hybridized carbons (Fsp3) is 0.533. The maximum atomic E-state index is 12.9. The van der Waals surface area contributed by atoms with Gasteiger partial charge in [0, 0.05) is 18.6 Å². The second-order valence-electron chi connectivity index (χ2n) is 5.62. The summed E-state index contributed by atoms with van der Waals surface area (Å²) in [6, 6.07) is 3.94. The molecule has 3 N–H and O–H groups in total. The molecule has 0 bridgehead atoms. The number of hydrogen-bond acceptors (Lipinski definition) is 3. The number of rotatable bonds is 4. The predicted molar refractivity (Wildman–Crippen MR) is 73.4 cm³/mol. The molecule has 0 radical (unpaired) electrons. The van der Waals surface area contributed by atoms with Crippen molar-refractivity contribution < 1.29 is 27.8 Å². The van der Waals surface area contributed by atoms with Crippen molar-refractivity contribution in [3.05, 3.63) is 35.4 Å². The van der Waals surface area contributed by atoms with Gasteiger partial charge in [0.15, 0.2) is 0 Å². The van der Waals surface area contributed by atoms with Gasteiger partial charge in [-0.25, -0.2) is 0 Å². The Bertz CT molecular complexity index is 539. The normalized spacial score (nSPS) is 19.6. The molecule has 7 heteroatoms. The number of benzene rings is 1. The molecule has 1 aliphatic heterocycles. The van der Waals surface area contributed by atoms with Crippen LogP contribution >= 0.6 is 0 Å². The molecule has 0 aromatic heterocycles. The average molecular weight is 317 g/mol. The Kier molecular flexibility index (Phi) is 4.77. The number of alkyl halides is 3. The summed E-state index contributed by atoms with van der Waals surface area (Å²) in [5, 5.41) is 9.02. The van der Waals surface area contributed by atoms with Crippen molar-refractivity contribution in [3.8, 4) is 0 Å². The average Bonchev–Trinajstić information content (AvgIpc) is 2.47. The van der Waals surface area contributed by atoms with Gasteiger partial charge < -0.3 is 15.6 Å². The van der Waals surface area contributed by atoms with E-state index < -0.39 is 29.2 Å². The van der Waals surface area contributed by atoms with E-state index in [0.29, 0.717) is 31.6 Å². The molecule has 0 aliphatic carbocycles. The van der Waals surface area contributed by atoms with Crippen LogP contribution in [0, 0.1) is 0 Å². The van der Waals surface area contributed by atoms with E-state index in [1.54, 1.807) is 6.07 Å². The lowest BCUT2D eigenvalue weighted by Gasteiger charge is -2.39. The van der Waals surface area contributed by atoms with Gasteiger partial charge in [-0.1, -0.05) is 18.2 Å². The van der Waals surface area contributed by atoms with Gasteiger partial charge in [0.05, 0.1) is 5.56 Å². The minimum Gasteiger partial charge on any atom is -0.480 e. The summed E-state index contributed by atoms with van der Waals surface area (Å²) in [5.41, 5.74) is 4.67. The van der Waals surface area contributed by atoms with E-state index >= 15 is 0 Å². The summed E-state index contributed by atoms with van der Waals surface area (Å²) in [6.45, 7) is 0.755. The molecule has 0 spiro atoms. The van der Waals surface area contributed by atoms with Crippen molar-refractivity contribution in [3.63, 3.8) is 0 Å². The van der Waals surface area contributed by atoms with Gasteiger partial charge in [0.1, 0.15) is 6.04 Å². The lowest BCUT2D eigenvalue weighted by atomic mass is 9.70. The quantitative estimate of drug-likeness (QED) is 0.895. The molecule has 122 valence electrons. The molecule has 1 aliphatic rings. The lowest BCUT2D eigenvalue weighted by molar-refractivity contribution is -0.140. The molecule has 0 amide bonds. The van der Waals surface area contributed by atoms with E-state index in [-0.39, 0.29) is 6.42 Å². The first kappa shape index (κ1) is 16.8. The van der Waals surface area contributed by atoms with Crippen molar-refractivity contribution in [2.75, 3.05) is 13.2 Å². The van der Waals surface area contributed by atoms with Gasteiger partial charge in [0.2, 0.25) is 0 Å². The highest BCUT2D eigenvalue weighted by Gasteiger charge is 2.39. The topological polar surface area (TPSA) is 72.5 Å². The second-order valence-corrected chi connectivity index (χ2v) is 5.62. The highest BCUT2D eigenvalue weighted by Crippen LogP contribution is 2.41. The number of carboxylic acid groups (broad SMARTS) is 1.